The number of alkyl carbamates (subject to hydrolysis) is 1. The second-order valence-electron chi connectivity index (χ2n) is 7.52. The summed E-state index contributed by atoms with van der Waals surface area (Å²) in [4.78, 5) is 35.8. The molecule has 3 N–H and O–H groups in total. The van der Waals surface area contributed by atoms with Crippen molar-refractivity contribution < 1.29 is 23.9 Å². The number of carbonyl (C=O) groups is 3. The van der Waals surface area contributed by atoms with Crippen molar-refractivity contribution in [2.45, 2.75) is 32.8 Å². The first kappa shape index (κ1) is 22.7. The Morgan fingerprint density at radius 2 is 1.43 bits per heavy atom. The maximum Gasteiger partial charge on any atom is 0.408 e. The Kier molecular flexibility index (Phi) is 7.80. The van der Waals surface area contributed by atoms with Crippen LogP contribution in [0.2, 0.25) is 0 Å². The molecule has 8 nitrogen and oxygen atoms in total. The van der Waals surface area contributed by atoms with E-state index in [9.17, 15) is 14.4 Å². The van der Waals surface area contributed by atoms with E-state index in [0.29, 0.717) is 17.1 Å². The zero-order chi connectivity index (χ0) is 22.1. The van der Waals surface area contributed by atoms with Crippen molar-refractivity contribution in [3.63, 3.8) is 0 Å². The number of rotatable bonds is 7. The number of amides is 3. The van der Waals surface area contributed by atoms with Gasteiger partial charge in [0.05, 0.1) is 13.5 Å². The van der Waals surface area contributed by atoms with E-state index in [-0.39, 0.29) is 18.9 Å². The molecule has 0 aliphatic rings. The standard InChI is InChI=1S/C22H27N3O5/c1-22(2,3)30-21(28)23-14-20(27)25-17-11-9-16(10-12-17)24-19(26)13-15-7-5-6-8-18(15)29-4/h5-12H,13-14H2,1-4H3,(H,23,28)(H,24,26)(H,25,27). The Hall–Kier alpha value is -3.55. The van der Waals surface area contributed by atoms with Gasteiger partial charge in [0.1, 0.15) is 17.9 Å². The molecule has 8 heteroatoms. The minimum Gasteiger partial charge on any atom is -0.496 e. The molecule has 3 amide bonds. The van der Waals surface area contributed by atoms with Gasteiger partial charge < -0.3 is 25.4 Å². The Morgan fingerprint density at radius 1 is 0.867 bits per heavy atom. The van der Waals surface area contributed by atoms with Crippen molar-refractivity contribution >= 4 is 29.3 Å². The molecule has 0 saturated heterocycles. The van der Waals surface area contributed by atoms with E-state index in [1.165, 1.54) is 0 Å². The summed E-state index contributed by atoms with van der Waals surface area (Å²) < 4.78 is 10.3. The molecule has 0 atom stereocenters. The molecule has 2 rings (SSSR count). The van der Waals surface area contributed by atoms with E-state index in [1.54, 1.807) is 58.2 Å². The fourth-order valence-electron chi connectivity index (χ4n) is 2.54. The summed E-state index contributed by atoms with van der Waals surface area (Å²) in [5.41, 5.74) is 1.29. The van der Waals surface area contributed by atoms with Crippen molar-refractivity contribution in [3.05, 3.63) is 54.1 Å². The predicted molar refractivity (Wildman–Crippen MR) is 115 cm³/mol. The topological polar surface area (TPSA) is 106 Å². The maximum atomic E-state index is 12.3. The van der Waals surface area contributed by atoms with Crippen LogP contribution in [0, 0.1) is 0 Å². The zero-order valence-electron chi connectivity index (χ0n) is 17.6. The van der Waals surface area contributed by atoms with Gasteiger partial charge in [-0.1, -0.05) is 18.2 Å². The van der Waals surface area contributed by atoms with Crippen LogP contribution in [0.3, 0.4) is 0 Å². The third-order valence-corrected chi connectivity index (χ3v) is 3.79. The molecule has 2 aromatic carbocycles. The van der Waals surface area contributed by atoms with Gasteiger partial charge in [0.2, 0.25) is 11.8 Å². The van der Waals surface area contributed by atoms with Gasteiger partial charge in [-0.25, -0.2) is 4.79 Å². The van der Waals surface area contributed by atoms with Crippen LogP contribution in [0.25, 0.3) is 0 Å². The fraction of sp³-hybridized carbons (Fsp3) is 0.318. The minimum absolute atomic E-state index is 0.179. The van der Waals surface area contributed by atoms with Gasteiger partial charge >= 0.3 is 6.09 Å². The van der Waals surface area contributed by atoms with E-state index in [1.807, 2.05) is 18.2 Å². The van der Waals surface area contributed by atoms with Crippen LogP contribution >= 0.6 is 0 Å². The summed E-state index contributed by atoms with van der Waals surface area (Å²) >= 11 is 0. The number of para-hydroxylation sites is 1. The molecule has 0 saturated carbocycles. The van der Waals surface area contributed by atoms with Crippen LogP contribution in [0.15, 0.2) is 48.5 Å². The molecule has 0 radical (unpaired) electrons. The summed E-state index contributed by atoms with van der Waals surface area (Å²) in [6.07, 6.45) is -0.482. The highest BCUT2D eigenvalue weighted by Crippen LogP contribution is 2.19. The first-order chi connectivity index (χ1) is 14.2. The summed E-state index contributed by atoms with van der Waals surface area (Å²) in [5.74, 6) is 0.0809. The van der Waals surface area contributed by atoms with Crippen LogP contribution in [0.5, 0.6) is 5.75 Å². The highest BCUT2D eigenvalue weighted by Gasteiger charge is 2.16. The van der Waals surface area contributed by atoms with E-state index in [0.717, 1.165) is 5.56 Å². The van der Waals surface area contributed by atoms with Crippen LogP contribution in [-0.4, -0.2) is 37.2 Å². The monoisotopic (exact) mass is 413 g/mol. The van der Waals surface area contributed by atoms with Crippen LogP contribution in [0.1, 0.15) is 26.3 Å². The van der Waals surface area contributed by atoms with E-state index >= 15 is 0 Å². The number of methoxy groups -OCH3 is 1. The Labute approximate surface area is 175 Å². The number of carbonyl (C=O) groups excluding carboxylic acids is 3. The SMILES string of the molecule is COc1ccccc1CC(=O)Nc1ccc(NC(=O)CNC(=O)OC(C)(C)C)cc1. The zero-order valence-corrected chi connectivity index (χ0v) is 17.6. The molecule has 160 valence electrons. The molecule has 2 aromatic rings. The average molecular weight is 413 g/mol. The Balaban J connectivity index is 1.82. The largest absolute Gasteiger partial charge is 0.496 e. The second-order valence-corrected chi connectivity index (χ2v) is 7.52. The van der Waals surface area contributed by atoms with Crippen molar-refractivity contribution in [2.24, 2.45) is 0 Å². The first-order valence-electron chi connectivity index (χ1n) is 9.45. The van der Waals surface area contributed by atoms with Crippen LogP contribution in [-0.2, 0) is 20.7 Å². The highest BCUT2D eigenvalue weighted by molar-refractivity contribution is 5.95. The lowest BCUT2D eigenvalue weighted by Gasteiger charge is -2.19. The molecule has 0 spiro atoms. The molecule has 0 fully saturated rings. The maximum absolute atomic E-state index is 12.3. The molecule has 30 heavy (non-hydrogen) atoms. The summed E-state index contributed by atoms with van der Waals surface area (Å²) in [6, 6.07) is 14.0. The smallest absolute Gasteiger partial charge is 0.408 e. The number of nitrogens with one attached hydrogen (secondary N) is 3. The molecular weight excluding hydrogens is 386 g/mol. The molecule has 0 unspecified atom stereocenters. The molecule has 0 aliphatic carbocycles. The van der Waals surface area contributed by atoms with Gasteiger partial charge in [-0.2, -0.15) is 0 Å². The normalized spacial score (nSPS) is 10.7. The van der Waals surface area contributed by atoms with Crippen molar-refractivity contribution in [1.82, 2.24) is 5.32 Å². The van der Waals surface area contributed by atoms with E-state index in [2.05, 4.69) is 16.0 Å². The summed E-state index contributed by atoms with van der Waals surface area (Å²) in [5, 5.41) is 7.85. The summed E-state index contributed by atoms with van der Waals surface area (Å²) in [6.45, 7) is 5.00. The second kappa shape index (κ2) is 10.3. The molecule has 0 bridgehead atoms. The highest BCUT2D eigenvalue weighted by atomic mass is 16.6. The summed E-state index contributed by atoms with van der Waals surface area (Å²) in [7, 11) is 1.56. The van der Waals surface area contributed by atoms with Gasteiger partial charge in [-0.15, -0.1) is 0 Å². The van der Waals surface area contributed by atoms with Crippen molar-refractivity contribution in [3.8, 4) is 5.75 Å². The van der Waals surface area contributed by atoms with Gasteiger partial charge in [0.15, 0.2) is 0 Å². The third-order valence-electron chi connectivity index (χ3n) is 3.79. The van der Waals surface area contributed by atoms with Crippen molar-refractivity contribution in [1.29, 1.82) is 0 Å². The Morgan fingerprint density at radius 3 is 2.00 bits per heavy atom. The predicted octanol–water partition coefficient (Wildman–Crippen LogP) is 3.34. The lowest BCUT2D eigenvalue weighted by molar-refractivity contribution is -0.116. The third kappa shape index (κ3) is 7.83. The van der Waals surface area contributed by atoms with Gasteiger partial charge in [0.25, 0.3) is 0 Å². The van der Waals surface area contributed by atoms with E-state index in [4.69, 9.17) is 9.47 Å². The number of anilines is 2. The van der Waals surface area contributed by atoms with E-state index < -0.39 is 17.6 Å². The Bertz CT molecular complexity index is 888. The average Bonchev–Trinajstić information content (AvgIpc) is 2.67. The van der Waals surface area contributed by atoms with Gasteiger partial charge in [-0.3, -0.25) is 9.59 Å². The van der Waals surface area contributed by atoms with Gasteiger partial charge in [-0.05, 0) is 51.1 Å². The lowest BCUT2D eigenvalue weighted by Crippen LogP contribution is -2.37. The molecular formula is C22H27N3O5. The molecule has 0 heterocycles. The quantitative estimate of drug-likeness (QED) is 0.646. The van der Waals surface area contributed by atoms with Crippen molar-refractivity contribution in [2.75, 3.05) is 24.3 Å². The fourth-order valence-corrected chi connectivity index (χ4v) is 2.54. The lowest BCUT2D eigenvalue weighted by atomic mass is 10.1. The molecule has 0 aromatic heterocycles. The number of ether oxygens (including phenoxy) is 2. The molecule has 0 aliphatic heterocycles. The van der Waals surface area contributed by atoms with Crippen LogP contribution in [0.4, 0.5) is 16.2 Å². The minimum atomic E-state index is -0.661. The number of hydrogen-bond acceptors (Lipinski definition) is 5. The van der Waals surface area contributed by atoms with Crippen LogP contribution < -0.4 is 20.7 Å². The van der Waals surface area contributed by atoms with Gasteiger partial charge in [0, 0.05) is 16.9 Å². The number of benzene rings is 2. The number of hydrogen-bond donors (Lipinski definition) is 3. The first-order valence-corrected chi connectivity index (χ1v) is 9.45.